The predicted molar refractivity (Wildman–Crippen MR) is 104 cm³/mol. The number of allylic oxidation sites excluding steroid dienone is 4. The molecule has 0 spiro atoms. The Morgan fingerprint density at radius 2 is 1.09 bits per heavy atom. The molecular formula is C22H39O. The topological polar surface area (TPSA) is 17.1 Å². The van der Waals surface area contributed by atoms with Crippen LogP contribution in [0.15, 0.2) is 24.3 Å². The van der Waals surface area contributed by atoms with Crippen LogP contribution in [0.4, 0.5) is 0 Å². The van der Waals surface area contributed by atoms with Crippen molar-refractivity contribution in [1.29, 1.82) is 0 Å². The molecular weight excluding hydrogens is 280 g/mol. The molecule has 0 saturated carbocycles. The van der Waals surface area contributed by atoms with Crippen molar-refractivity contribution < 1.29 is 4.79 Å². The van der Waals surface area contributed by atoms with E-state index in [4.69, 9.17) is 0 Å². The van der Waals surface area contributed by atoms with Crippen LogP contribution in [-0.2, 0) is 4.79 Å². The van der Waals surface area contributed by atoms with Crippen LogP contribution < -0.4 is 0 Å². The minimum Gasteiger partial charge on any atom is -0.291 e. The summed E-state index contributed by atoms with van der Waals surface area (Å²) in [6.07, 6.45) is 31.2. The number of unbranched alkanes of at least 4 members (excludes halogenated alkanes) is 13. The molecule has 0 amide bonds. The first-order valence-electron chi connectivity index (χ1n) is 10.1. The van der Waals surface area contributed by atoms with E-state index < -0.39 is 0 Å². The van der Waals surface area contributed by atoms with Gasteiger partial charge in [0.25, 0.3) is 0 Å². The van der Waals surface area contributed by atoms with E-state index in [0.29, 0.717) is 6.42 Å². The second-order valence-corrected chi connectivity index (χ2v) is 6.54. The second kappa shape index (κ2) is 21.1. The molecule has 1 heteroatoms. The first-order chi connectivity index (χ1) is 11.4. The van der Waals surface area contributed by atoms with Crippen LogP contribution in [0, 0.1) is 0 Å². The molecule has 0 unspecified atom stereocenters. The molecule has 0 saturated heterocycles. The highest BCUT2D eigenvalue weighted by molar-refractivity contribution is 5.50. The minimum absolute atomic E-state index is 0.627. The van der Waals surface area contributed by atoms with Gasteiger partial charge in [-0.05, 0) is 38.5 Å². The van der Waals surface area contributed by atoms with Gasteiger partial charge >= 0.3 is 0 Å². The second-order valence-electron chi connectivity index (χ2n) is 6.54. The molecule has 23 heavy (non-hydrogen) atoms. The Balaban J connectivity index is 3.12. The molecule has 0 aliphatic rings. The number of hydrogen-bond donors (Lipinski definition) is 0. The lowest BCUT2D eigenvalue weighted by molar-refractivity contribution is 0.537. The SMILES string of the molecule is CCCCCC=CCC=CCCCCCCCCCCC[C]=O. The van der Waals surface area contributed by atoms with Gasteiger partial charge in [0.05, 0.1) is 0 Å². The van der Waals surface area contributed by atoms with E-state index in [1.54, 1.807) is 0 Å². The molecule has 0 aromatic heterocycles. The zero-order chi connectivity index (χ0) is 16.8. The third-order valence-electron chi connectivity index (χ3n) is 4.23. The summed E-state index contributed by atoms with van der Waals surface area (Å²) in [6, 6.07) is 0. The average molecular weight is 320 g/mol. The third kappa shape index (κ3) is 21.1. The Morgan fingerprint density at radius 1 is 0.609 bits per heavy atom. The van der Waals surface area contributed by atoms with Gasteiger partial charge < -0.3 is 0 Å². The van der Waals surface area contributed by atoms with Crippen LogP contribution >= 0.6 is 0 Å². The summed E-state index contributed by atoms with van der Waals surface area (Å²) in [5.74, 6) is 0. The Bertz CT molecular complexity index is 278. The van der Waals surface area contributed by atoms with Crippen LogP contribution in [0.3, 0.4) is 0 Å². The lowest BCUT2D eigenvalue weighted by Crippen LogP contribution is -1.82. The summed E-state index contributed by atoms with van der Waals surface area (Å²) in [6.45, 7) is 2.25. The molecule has 0 aromatic carbocycles. The maximum absolute atomic E-state index is 10.1. The molecule has 1 nitrogen and oxygen atoms in total. The summed E-state index contributed by atoms with van der Waals surface area (Å²) in [5.41, 5.74) is 0. The zero-order valence-electron chi connectivity index (χ0n) is 15.5. The van der Waals surface area contributed by atoms with Gasteiger partial charge in [0.2, 0.25) is 0 Å². The van der Waals surface area contributed by atoms with Crippen molar-refractivity contribution in [2.75, 3.05) is 0 Å². The summed E-state index contributed by atoms with van der Waals surface area (Å²) in [5, 5.41) is 0. The third-order valence-corrected chi connectivity index (χ3v) is 4.23. The monoisotopic (exact) mass is 319 g/mol. The van der Waals surface area contributed by atoms with E-state index in [1.165, 1.54) is 83.5 Å². The quantitative estimate of drug-likeness (QED) is 0.189. The highest BCUT2D eigenvalue weighted by Crippen LogP contribution is 2.11. The highest BCUT2D eigenvalue weighted by Gasteiger charge is 1.92. The van der Waals surface area contributed by atoms with Crippen molar-refractivity contribution >= 4 is 6.29 Å². The number of rotatable bonds is 18. The van der Waals surface area contributed by atoms with Crippen molar-refractivity contribution in [3.63, 3.8) is 0 Å². The van der Waals surface area contributed by atoms with Crippen molar-refractivity contribution in [2.24, 2.45) is 0 Å². The van der Waals surface area contributed by atoms with E-state index in [2.05, 4.69) is 31.2 Å². The van der Waals surface area contributed by atoms with E-state index in [-0.39, 0.29) is 0 Å². The molecule has 0 heterocycles. The van der Waals surface area contributed by atoms with Crippen molar-refractivity contribution in [1.82, 2.24) is 0 Å². The summed E-state index contributed by atoms with van der Waals surface area (Å²) in [7, 11) is 0. The molecule has 0 fully saturated rings. The Hall–Kier alpha value is -0.850. The lowest BCUT2D eigenvalue weighted by Gasteiger charge is -2.01. The van der Waals surface area contributed by atoms with Gasteiger partial charge in [-0.1, -0.05) is 89.0 Å². The average Bonchev–Trinajstić information content (AvgIpc) is 2.57. The first kappa shape index (κ1) is 22.1. The fraction of sp³-hybridized carbons (Fsp3) is 0.773. The molecule has 0 bridgehead atoms. The van der Waals surface area contributed by atoms with Crippen LogP contribution in [0.25, 0.3) is 0 Å². The fourth-order valence-corrected chi connectivity index (χ4v) is 2.72. The Labute approximate surface area is 145 Å². The van der Waals surface area contributed by atoms with Gasteiger partial charge in [0.15, 0.2) is 6.29 Å². The smallest absolute Gasteiger partial charge is 0.198 e. The molecule has 0 atom stereocenters. The Kier molecular flexibility index (Phi) is 20.4. The molecule has 133 valence electrons. The van der Waals surface area contributed by atoms with E-state index in [9.17, 15) is 4.79 Å². The number of carbonyl (C=O) groups excluding carboxylic acids is 1. The summed E-state index contributed by atoms with van der Waals surface area (Å²) >= 11 is 0. The molecule has 0 N–H and O–H groups in total. The van der Waals surface area contributed by atoms with Crippen molar-refractivity contribution in [3.8, 4) is 0 Å². The van der Waals surface area contributed by atoms with Gasteiger partial charge in [0.1, 0.15) is 0 Å². The van der Waals surface area contributed by atoms with Gasteiger partial charge in [-0.2, -0.15) is 0 Å². The summed E-state index contributed by atoms with van der Waals surface area (Å²) < 4.78 is 0. The first-order valence-corrected chi connectivity index (χ1v) is 10.1. The predicted octanol–water partition coefficient (Wildman–Crippen LogP) is 7.47. The van der Waals surface area contributed by atoms with Crippen LogP contribution in [0.2, 0.25) is 0 Å². The maximum atomic E-state index is 10.1. The maximum Gasteiger partial charge on any atom is 0.198 e. The molecule has 1 radical (unpaired) electrons. The largest absolute Gasteiger partial charge is 0.291 e. The summed E-state index contributed by atoms with van der Waals surface area (Å²) in [4.78, 5) is 10.1. The van der Waals surface area contributed by atoms with E-state index >= 15 is 0 Å². The zero-order valence-corrected chi connectivity index (χ0v) is 15.5. The van der Waals surface area contributed by atoms with Crippen molar-refractivity contribution in [2.45, 2.75) is 110 Å². The molecule has 0 rings (SSSR count). The van der Waals surface area contributed by atoms with Crippen LogP contribution in [0.1, 0.15) is 110 Å². The molecule has 0 aliphatic carbocycles. The normalized spacial score (nSPS) is 11.7. The highest BCUT2D eigenvalue weighted by atomic mass is 16.1. The molecule has 0 aromatic rings. The van der Waals surface area contributed by atoms with Gasteiger partial charge in [-0.25, -0.2) is 0 Å². The minimum atomic E-state index is 0.627. The van der Waals surface area contributed by atoms with Crippen LogP contribution in [0.5, 0.6) is 0 Å². The standard InChI is InChI=1S/C22H39O/c1-2-3-4-5-6-7-8-9-10-11-12-13-14-15-16-17-18-19-20-21-22-23/h6-7,9-10H,2-5,8,11-21H2,1H3. The van der Waals surface area contributed by atoms with Gasteiger partial charge in [-0.3, -0.25) is 4.79 Å². The lowest BCUT2D eigenvalue weighted by atomic mass is 10.1. The van der Waals surface area contributed by atoms with Gasteiger partial charge in [0, 0.05) is 6.42 Å². The van der Waals surface area contributed by atoms with E-state index in [0.717, 1.165) is 12.8 Å². The van der Waals surface area contributed by atoms with Crippen molar-refractivity contribution in [3.05, 3.63) is 24.3 Å². The van der Waals surface area contributed by atoms with Gasteiger partial charge in [-0.15, -0.1) is 0 Å². The molecule has 0 aliphatic heterocycles. The van der Waals surface area contributed by atoms with Crippen LogP contribution in [-0.4, -0.2) is 6.29 Å². The van der Waals surface area contributed by atoms with E-state index in [1.807, 2.05) is 6.29 Å². The number of hydrogen-bond acceptors (Lipinski definition) is 1. The Morgan fingerprint density at radius 3 is 1.61 bits per heavy atom. The fourth-order valence-electron chi connectivity index (χ4n) is 2.72.